The molecule has 0 bridgehead atoms. The van der Waals surface area contributed by atoms with Crippen LogP contribution >= 0.6 is 0 Å². The van der Waals surface area contributed by atoms with E-state index in [0.717, 1.165) is 12.8 Å². The summed E-state index contributed by atoms with van der Waals surface area (Å²) >= 11 is 0. The molecule has 0 spiro atoms. The van der Waals surface area contributed by atoms with Gasteiger partial charge >= 0.3 is 0 Å². The molecule has 1 saturated carbocycles. The number of carbonyl (C=O) groups excluding carboxylic acids is 1. The largest absolute Gasteiger partial charge is 0.294 e. The molecular weight excluding hydrogens is 188 g/mol. The van der Waals surface area contributed by atoms with Crippen LogP contribution in [0.3, 0.4) is 0 Å². The summed E-state index contributed by atoms with van der Waals surface area (Å²) in [7, 11) is 0. The molecule has 1 fully saturated rings. The molecule has 0 radical (unpaired) electrons. The summed E-state index contributed by atoms with van der Waals surface area (Å²) in [4.78, 5) is 10.3. The lowest BCUT2D eigenvalue weighted by Crippen LogP contribution is -2.31. The normalized spacial score (nSPS) is 12.5. The molecule has 1 aliphatic rings. The smallest absolute Gasteiger partial charge is 0.236 e. The maximum Gasteiger partial charge on any atom is 0.236 e. The molecule has 3 nitrogen and oxygen atoms in total. The summed E-state index contributed by atoms with van der Waals surface area (Å²) in [5.74, 6) is 5.04. The van der Waals surface area contributed by atoms with Crippen LogP contribution in [-0.4, -0.2) is 5.91 Å². The fourth-order valence-corrected chi connectivity index (χ4v) is 0.848. The van der Waals surface area contributed by atoms with Gasteiger partial charge in [-0.3, -0.25) is 10.2 Å². The van der Waals surface area contributed by atoms with E-state index < -0.39 is 0 Å². The predicted octanol–water partition coefficient (Wildman–Crippen LogP) is 2.10. The second-order valence-electron chi connectivity index (χ2n) is 2.94. The SMILES string of the molecule is CC.NNC(=O)C1CC1.c1ccccc1. The van der Waals surface area contributed by atoms with Crippen molar-refractivity contribution >= 4 is 5.91 Å². The molecule has 1 aliphatic carbocycles. The fraction of sp³-hybridized carbons (Fsp3) is 0.417. The molecule has 1 aromatic carbocycles. The number of amides is 1. The molecule has 0 unspecified atom stereocenters. The van der Waals surface area contributed by atoms with Crippen molar-refractivity contribution in [2.45, 2.75) is 26.7 Å². The van der Waals surface area contributed by atoms with Crippen molar-refractivity contribution in [1.29, 1.82) is 0 Å². The van der Waals surface area contributed by atoms with Crippen molar-refractivity contribution in [2.75, 3.05) is 0 Å². The summed E-state index contributed by atoms with van der Waals surface area (Å²) in [6.07, 6.45) is 2.03. The minimum atomic E-state index is -0.0139. The molecule has 0 heterocycles. The van der Waals surface area contributed by atoms with Crippen molar-refractivity contribution in [2.24, 2.45) is 11.8 Å². The minimum absolute atomic E-state index is 0.0139. The lowest BCUT2D eigenvalue weighted by molar-refractivity contribution is -0.122. The topological polar surface area (TPSA) is 55.1 Å². The van der Waals surface area contributed by atoms with Gasteiger partial charge in [0.15, 0.2) is 0 Å². The Balaban J connectivity index is 0.000000227. The van der Waals surface area contributed by atoms with Crippen LogP contribution in [0, 0.1) is 5.92 Å². The van der Waals surface area contributed by atoms with Gasteiger partial charge in [-0.2, -0.15) is 0 Å². The summed E-state index contributed by atoms with van der Waals surface area (Å²) in [6, 6.07) is 12.0. The maximum atomic E-state index is 10.3. The molecule has 0 atom stereocenters. The van der Waals surface area contributed by atoms with E-state index in [-0.39, 0.29) is 11.8 Å². The standard InChI is InChI=1S/C6H6.C4H8N2O.C2H6/c1-2-4-6-5-3-1;5-6-4(7)3-1-2-3;1-2/h1-6H;3H,1-2,5H2,(H,6,7);1-2H3. The number of benzene rings is 1. The molecule has 3 N–H and O–H groups in total. The highest BCUT2D eigenvalue weighted by molar-refractivity contribution is 5.80. The van der Waals surface area contributed by atoms with Gasteiger partial charge in [0.05, 0.1) is 0 Å². The number of hydrogen-bond acceptors (Lipinski definition) is 2. The highest BCUT2D eigenvalue weighted by Crippen LogP contribution is 2.28. The van der Waals surface area contributed by atoms with Crippen LogP contribution in [0.1, 0.15) is 26.7 Å². The zero-order valence-corrected chi connectivity index (χ0v) is 9.44. The van der Waals surface area contributed by atoms with Gasteiger partial charge in [-0.25, -0.2) is 5.84 Å². The van der Waals surface area contributed by atoms with Crippen LogP contribution in [0.5, 0.6) is 0 Å². The Bertz CT molecular complexity index is 218. The Labute approximate surface area is 91.6 Å². The van der Waals surface area contributed by atoms with Gasteiger partial charge in [0, 0.05) is 5.92 Å². The van der Waals surface area contributed by atoms with Crippen LogP contribution in [0.25, 0.3) is 0 Å². The van der Waals surface area contributed by atoms with Crippen molar-refractivity contribution in [3.05, 3.63) is 36.4 Å². The first kappa shape index (κ1) is 13.7. The maximum absolute atomic E-state index is 10.3. The van der Waals surface area contributed by atoms with Crippen molar-refractivity contribution in [3.8, 4) is 0 Å². The number of nitrogens with one attached hydrogen (secondary N) is 1. The first-order valence-electron chi connectivity index (χ1n) is 5.35. The van der Waals surface area contributed by atoms with Crippen LogP contribution in [-0.2, 0) is 4.79 Å². The zero-order chi connectivity index (χ0) is 11.5. The average molecular weight is 208 g/mol. The molecule has 3 heteroatoms. The lowest BCUT2D eigenvalue weighted by atomic mass is 10.4. The van der Waals surface area contributed by atoms with Crippen LogP contribution in [0.4, 0.5) is 0 Å². The third-order valence-corrected chi connectivity index (χ3v) is 1.76. The monoisotopic (exact) mass is 208 g/mol. The summed E-state index contributed by atoms with van der Waals surface area (Å²) in [5, 5.41) is 0. The van der Waals surface area contributed by atoms with E-state index in [1.807, 2.05) is 50.2 Å². The van der Waals surface area contributed by atoms with E-state index in [1.165, 1.54) is 0 Å². The quantitative estimate of drug-likeness (QED) is 0.422. The number of rotatable bonds is 1. The zero-order valence-electron chi connectivity index (χ0n) is 9.44. The third-order valence-electron chi connectivity index (χ3n) is 1.76. The summed E-state index contributed by atoms with van der Waals surface area (Å²) < 4.78 is 0. The van der Waals surface area contributed by atoms with Gasteiger partial charge < -0.3 is 0 Å². The van der Waals surface area contributed by atoms with E-state index in [2.05, 4.69) is 5.43 Å². The van der Waals surface area contributed by atoms with Crippen molar-refractivity contribution < 1.29 is 4.79 Å². The highest BCUT2D eigenvalue weighted by Gasteiger charge is 2.28. The van der Waals surface area contributed by atoms with E-state index in [4.69, 9.17) is 5.84 Å². The van der Waals surface area contributed by atoms with Crippen LogP contribution in [0.2, 0.25) is 0 Å². The number of nitrogens with two attached hydrogens (primary N) is 1. The Morgan fingerprint density at radius 3 is 1.53 bits per heavy atom. The van der Waals surface area contributed by atoms with E-state index in [1.54, 1.807) is 0 Å². The van der Waals surface area contributed by atoms with Crippen molar-refractivity contribution in [3.63, 3.8) is 0 Å². The molecular formula is C12H20N2O. The Morgan fingerprint density at radius 2 is 1.40 bits per heavy atom. The molecule has 0 saturated heterocycles. The molecule has 0 aromatic heterocycles. The Kier molecular flexibility index (Phi) is 8.39. The van der Waals surface area contributed by atoms with Gasteiger partial charge in [-0.05, 0) is 12.8 Å². The first-order chi connectivity index (χ1) is 7.34. The number of carbonyl (C=O) groups is 1. The van der Waals surface area contributed by atoms with Crippen molar-refractivity contribution in [1.82, 2.24) is 5.43 Å². The number of hydrogen-bond donors (Lipinski definition) is 2. The summed E-state index contributed by atoms with van der Waals surface area (Å²) in [6.45, 7) is 4.00. The highest BCUT2D eigenvalue weighted by atomic mass is 16.2. The second kappa shape index (κ2) is 9.21. The second-order valence-corrected chi connectivity index (χ2v) is 2.94. The van der Waals surface area contributed by atoms with Crippen LogP contribution in [0.15, 0.2) is 36.4 Å². The predicted molar refractivity (Wildman–Crippen MR) is 62.8 cm³/mol. The van der Waals surface area contributed by atoms with Gasteiger partial charge in [0.2, 0.25) is 5.91 Å². The summed E-state index contributed by atoms with van der Waals surface area (Å²) in [5.41, 5.74) is 2.09. The Hall–Kier alpha value is -1.35. The molecule has 2 rings (SSSR count). The lowest BCUT2D eigenvalue weighted by Gasteiger charge is -1.89. The third kappa shape index (κ3) is 7.70. The Morgan fingerprint density at radius 1 is 1.07 bits per heavy atom. The van der Waals surface area contributed by atoms with E-state index in [0.29, 0.717) is 0 Å². The van der Waals surface area contributed by atoms with Crippen LogP contribution < -0.4 is 11.3 Å². The van der Waals surface area contributed by atoms with E-state index >= 15 is 0 Å². The van der Waals surface area contributed by atoms with Gasteiger partial charge in [0.25, 0.3) is 0 Å². The number of hydrazine groups is 1. The van der Waals surface area contributed by atoms with Gasteiger partial charge in [-0.1, -0.05) is 50.2 Å². The molecule has 84 valence electrons. The fourth-order valence-electron chi connectivity index (χ4n) is 0.848. The molecule has 1 aromatic rings. The molecule has 15 heavy (non-hydrogen) atoms. The van der Waals surface area contributed by atoms with Gasteiger partial charge in [0.1, 0.15) is 0 Å². The molecule has 1 amide bonds. The van der Waals surface area contributed by atoms with E-state index in [9.17, 15) is 4.79 Å². The minimum Gasteiger partial charge on any atom is -0.294 e. The first-order valence-corrected chi connectivity index (χ1v) is 5.35. The average Bonchev–Trinajstić information content (AvgIpc) is 3.18. The van der Waals surface area contributed by atoms with Gasteiger partial charge in [-0.15, -0.1) is 0 Å². The molecule has 0 aliphatic heterocycles.